The van der Waals surface area contributed by atoms with E-state index >= 15 is 0 Å². The summed E-state index contributed by atoms with van der Waals surface area (Å²) in [5.74, 6) is 2.01. The number of aromatic nitrogens is 1. The molecule has 0 spiro atoms. The molecule has 0 aliphatic rings. The van der Waals surface area contributed by atoms with E-state index in [-0.39, 0.29) is 12.5 Å². The Morgan fingerprint density at radius 3 is 2.45 bits per heavy atom. The molecule has 3 rings (SSSR count). The number of hydrogen-bond acceptors (Lipinski definition) is 6. The highest BCUT2D eigenvalue weighted by atomic mass is 16.5. The molecule has 29 heavy (non-hydrogen) atoms. The highest BCUT2D eigenvalue weighted by Gasteiger charge is 2.16. The quantitative estimate of drug-likeness (QED) is 0.609. The van der Waals surface area contributed by atoms with Crippen molar-refractivity contribution in [2.24, 2.45) is 0 Å². The van der Waals surface area contributed by atoms with Crippen molar-refractivity contribution in [3.63, 3.8) is 0 Å². The summed E-state index contributed by atoms with van der Waals surface area (Å²) in [4.78, 5) is 16.4. The third-order valence-electron chi connectivity index (χ3n) is 4.24. The maximum absolute atomic E-state index is 12.4. The van der Waals surface area contributed by atoms with Crippen molar-refractivity contribution >= 4 is 5.91 Å². The molecule has 2 aromatic carbocycles. The summed E-state index contributed by atoms with van der Waals surface area (Å²) >= 11 is 0. The zero-order valence-electron chi connectivity index (χ0n) is 16.2. The Kier molecular flexibility index (Phi) is 6.65. The van der Waals surface area contributed by atoms with Crippen LogP contribution in [0.25, 0.3) is 0 Å². The van der Waals surface area contributed by atoms with Gasteiger partial charge in [0.25, 0.3) is 5.91 Å². The summed E-state index contributed by atoms with van der Waals surface area (Å²) in [6.07, 6.45) is 2.32. The van der Waals surface area contributed by atoms with Gasteiger partial charge in [0.05, 0.1) is 20.4 Å². The van der Waals surface area contributed by atoms with Crippen molar-refractivity contribution in [3.8, 4) is 23.0 Å². The summed E-state index contributed by atoms with van der Waals surface area (Å²) in [6, 6.07) is 15.4. The SMILES string of the molecule is COc1ccc(OC)c(C(O)CNC(=O)c2ccc(Oc3cccnc3)cc2)c1. The maximum Gasteiger partial charge on any atom is 0.251 e. The van der Waals surface area contributed by atoms with Crippen LogP contribution in [0.3, 0.4) is 0 Å². The van der Waals surface area contributed by atoms with Gasteiger partial charge in [0, 0.05) is 23.9 Å². The number of aliphatic hydroxyl groups is 1. The molecule has 1 atom stereocenters. The summed E-state index contributed by atoms with van der Waals surface area (Å²) in [5.41, 5.74) is 0.987. The molecule has 150 valence electrons. The van der Waals surface area contributed by atoms with E-state index in [0.29, 0.717) is 34.1 Å². The number of nitrogens with one attached hydrogen (secondary N) is 1. The molecule has 0 aliphatic heterocycles. The predicted octanol–water partition coefficient (Wildman–Crippen LogP) is 3.35. The van der Waals surface area contributed by atoms with Gasteiger partial charge in [-0.25, -0.2) is 0 Å². The van der Waals surface area contributed by atoms with Gasteiger partial charge < -0.3 is 24.6 Å². The number of amides is 1. The first-order valence-corrected chi connectivity index (χ1v) is 8.97. The Balaban J connectivity index is 1.60. The smallest absolute Gasteiger partial charge is 0.251 e. The van der Waals surface area contributed by atoms with Crippen molar-refractivity contribution in [1.29, 1.82) is 0 Å². The van der Waals surface area contributed by atoms with Crippen LogP contribution in [-0.2, 0) is 0 Å². The van der Waals surface area contributed by atoms with E-state index in [1.54, 1.807) is 74.1 Å². The van der Waals surface area contributed by atoms with E-state index in [4.69, 9.17) is 14.2 Å². The number of methoxy groups -OCH3 is 2. The van der Waals surface area contributed by atoms with Crippen LogP contribution in [0.2, 0.25) is 0 Å². The van der Waals surface area contributed by atoms with Crippen LogP contribution in [0.1, 0.15) is 22.0 Å². The minimum Gasteiger partial charge on any atom is -0.497 e. The van der Waals surface area contributed by atoms with Crippen molar-refractivity contribution < 1.29 is 24.1 Å². The molecule has 0 saturated heterocycles. The maximum atomic E-state index is 12.4. The number of rotatable bonds is 8. The lowest BCUT2D eigenvalue weighted by molar-refractivity contribution is 0.0914. The van der Waals surface area contributed by atoms with Gasteiger partial charge in [-0.1, -0.05) is 0 Å². The van der Waals surface area contributed by atoms with Crippen molar-refractivity contribution in [2.45, 2.75) is 6.10 Å². The molecular weight excluding hydrogens is 372 g/mol. The first-order valence-electron chi connectivity index (χ1n) is 8.97. The number of hydrogen-bond donors (Lipinski definition) is 2. The van der Waals surface area contributed by atoms with Gasteiger partial charge in [-0.15, -0.1) is 0 Å². The normalized spacial score (nSPS) is 11.4. The van der Waals surface area contributed by atoms with Gasteiger partial charge in [0.15, 0.2) is 0 Å². The van der Waals surface area contributed by atoms with Crippen LogP contribution < -0.4 is 19.5 Å². The van der Waals surface area contributed by atoms with E-state index < -0.39 is 6.10 Å². The van der Waals surface area contributed by atoms with Crippen molar-refractivity contribution in [2.75, 3.05) is 20.8 Å². The topological polar surface area (TPSA) is 89.9 Å². The molecule has 1 aromatic heterocycles. The highest BCUT2D eigenvalue weighted by molar-refractivity contribution is 5.94. The second-order valence-corrected chi connectivity index (χ2v) is 6.15. The zero-order chi connectivity index (χ0) is 20.6. The summed E-state index contributed by atoms with van der Waals surface area (Å²) in [6.45, 7) is 0.0241. The van der Waals surface area contributed by atoms with Crippen LogP contribution >= 0.6 is 0 Å². The van der Waals surface area contributed by atoms with E-state index in [1.165, 1.54) is 7.11 Å². The van der Waals surface area contributed by atoms with Crippen LogP contribution in [0.15, 0.2) is 67.0 Å². The molecular formula is C22H22N2O5. The molecule has 0 radical (unpaired) electrons. The first-order chi connectivity index (χ1) is 14.1. The van der Waals surface area contributed by atoms with Crippen molar-refractivity contribution in [3.05, 3.63) is 78.1 Å². The molecule has 0 saturated carbocycles. The third kappa shape index (κ3) is 5.24. The summed E-state index contributed by atoms with van der Waals surface area (Å²) in [5, 5.41) is 13.2. The molecule has 7 nitrogen and oxygen atoms in total. The minimum absolute atomic E-state index is 0.0241. The largest absolute Gasteiger partial charge is 0.497 e. The molecule has 0 fully saturated rings. The highest BCUT2D eigenvalue weighted by Crippen LogP contribution is 2.29. The molecule has 1 heterocycles. The van der Waals surface area contributed by atoms with Gasteiger partial charge >= 0.3 is 0 Å². The second kappa shape index (κ2) is 9.57. The van der Waals surface area contributed by atoms with E-state index in [9.17, 15) is 9.90 Å². The predicted molar refractivity (Wildman–Crippen MR) is 108 cm³/mol. The van der Waals surface area contributed by atoms with Gasteiger partial charge in [0.2, 0.25) is 0 Å². The van der Waals surface area contributed by atoms with E-state index in [1.807, 2.05) is 0 Å². The Morgan fingerprint density at radius 2 is 1.79 bits per heavy atom. The minimum atomic E-state index is -0.947. The number of aliphatic hydroxyl groups excluding tert-OH is 1. The monoisotopic (exact) mass is 394 g/mol. The van der Waals surface area contributed by atoms with Crippen LogP contribution in [-0.4, -0.2) is 36.8 Å². The molecule has 3 aromatic rings. The van der Waals surface area contributed by atoms with E-state index in [0.717, 1.165) is 0 Å². The Hall–Kier alpha value is -3.58. The number of pyridine rings is 1. The lowest BCUT2D eigenvalue weighted by atomic mass is 10.1. The first kappa shape index (κ1) is 20.2. The fourth-order valence-corrected chi connectivity index (χ4v) is 2.72. The Morgan fingerprint density at radius 1 is 1.03 bits per heavy atom. The molecule has 0 aliphatic carbocycles. The lowest BCUT2D eigenvalue weighted by Gasteiger charge is -2.16. The van der Waals surface area contributed by atoms with Gasteiger partial charge in [0.1, 0.15) is 29.1 Å². The lowest BCUT2D eigenvalue weighted by Crippen LogP contribution is -2.28. The Labute approximate surface area is 168 Å². The molecule has 0 bridgehead atoms. The fraction of sp³-hybridized carbons (Fsp3) is 0.182. The summed E-state index contributed by atoms with van der Waals surface area (Å²) < 4.78 is 16.1. The molecule has 1 amide bonds. The number of benzene rings is 2. The Bertz CT molecular complexity index is 945. The number of carbonyl (C=O) groups excluding carboxylic acids is 1. The molecule has 2 N–H and O–H groups in total. The van der Waals surface area contributed by atoms with Gasteiger partial charge in [-0.3, -0.25) is 9.78 Å². The number of carbonyl (C=O) groups is 1. The standard InChI is InChI=1S/C22H22N2O5/c1-27-17-9-10-21(28-2)19(12-17)20(25)14-24-22(26)15-5-7-16(8-6-15)29-18-4-3-11-23-13-18/h3-13,20,25H,14H2,1-2H3,(H,24,26). The average Bonchev–Trinajstić information content (AvgIpc) is 2.78. The fourth-order valence-electron chi connectivity index (χ4n) is 2.72. The average molecular weight is 394 g/mol. The van der Waals surface area contributed by atoms with Crippen LogP contribution in [0, 0.1) is 0 Å². The summed E-state index contributed by atoms with van der Waals surface area (Å²) in [7, 11) is 3.06. The number of ether oxygens (including phenoxy) is 3. The van der Waals surface area contributed by atoms with E-state index in [2.05, 4.69) is 10.3 Å². The molecule has 7 heteroatoms. The van der Waals surface area contributed by atoms with Crippen LogP contribution in [0.4, 0.5) is 0 Å². The zero-order valence-corrected chi connectivity index (χ0v) is 16.2. The number of nitrogens with zero attached hydrogens (tertiary/aromatic N) is 1. The third-order valence-corrected chi connectivity index (χ3v) is 4.24. The van der Waals surface area contributed by atoms with Gasteiger partial charge in [-0.2, -0.15) is 0 Å². The second-order valence-electron chi connectivity index (χ2n) is 6.15. The van der Waals surface area contributed by atoms with Crippen molar-refractivity contribution in [1.82, 2.24) is 10.3 Å². The van der Waals surface area contributed by atoms with Gasteiger partial charge in [-0.05, 0) is 54.6 Å². The van der Waals surface area contributed by atoms with Crippen LogP contribution in [0.5, 0.6) is 23.0 Å². The molecule has 1 unspecified atom stereocenters.